The highest BCUT2D eigenvalue weighted by Gasteiger charge is 2.31. The standard InChI is InChI=1S/C16H18F2N4O4S/c1-11-8-15(20-26-11)19-16(23)10-21-4-6-22(7-5-21)27(24,25)14-3-2-12(17)9-13(14)18/h2-3,8-9H,4-7,10H2,1H3,(H,19,20,23). The van der Waals surface area contributed by atoms with E-state index in [1.807, 2.05) is 0 Å². The van der Waals surface area contributed by atoms with Gasteiger partial charge in [0.05, 0.1) is 6.54 Å². The molecule has 1 amide bonds. The summed E-state index contributed by atoms with van der Waals surface area (Å²) in [6.45, 7) is 2.54. The number of carbonyl (C=O) groups is 1. The van der Waals surface area contributed by atoms with Crippen molar-refractivity contribution < 1.29 is 26.5 Å². The van der Waals surface area contributed by atoms with Crippen molar-refractivity contribution in [2.75, 3.05) is 38.0 Å². The molecule has 0 radical (unpaired) electrons. The van der Waals surface area contributed by atoms with Crippen molar-refractivity contribution in [2.24, 2.45) is 0 Å². The number of halogens is 2. The molecule has 1 aromatic carbocycles. The molecule has 0 unspecified atom stereocenters. The molecule has 0 bridgehead atoms. The van der Waals surface area contributed by atoms with Crippen LogP contribution in [-0.4, -0.2) is 61.4 Å². The van der Waals surface area contributed by atoms with Crippen LogP contribution in [0, 0.1) is 18.6 Å². The monoisotopic (exact) mass is 400 g/mol. The quantitative estimate of drug-likeness (QED) is 0.811. The fourth-order valence-electron chi connectivity index (χ4n) is 2.76. The minimum absolute atomic E-state index is 0.0602. The van der Waals surface area contributed by atoms with Gasteiger partial charge in [0.1, 0.15) is 22.3 Å². The van der Waals surface area contributed by atoms with Crippen LogP contribution in [0.2, 0.25) is 0 Å². The number of piperazine rings is 1. The maximum absolute atomic E-state index is 13.8. The predicted molar refractivity (Wildman–Crippen MR) is 91.4 cm³/mol. The first-order valence-electron chi connectivity index (χ1n) is 8.16. The molecule has 2 heterocycles. The lowest BCUT2D eigenvalue weighted by Gasteiger charge is -2.33. The molecule has 11 heteroatoms. The van der Waals surface area contributed by atoms with Crippen molar-refractivity contribution in [1.29, 1.82) is 0 Å². The van der Waals surface area contributed by atoms with Gasteiger partial charge < -0.3 is 9.84 Å². The maximum Gasteiger partial charge on any atom is 0.246 e. The van der Waals surface area contributed by atoms with Crippen molar-refractivity contribution in [2.45, 2.75) is 11.8 Å². The number of rotatable bonds is 5. The molecule has 3 rings (SSSR count). The first-order chi connectivity index (χ1) is 12.8. The third-order valence-corrected chi connectivity index (χ3v) is 6.04. The molecular formula is C16H18F2N4O4S. The van der Waals surface area contributed by atoms with Crippen LogP contribution >= 0.6 is 0 Å². The molecule has 1 fully saturated rings. The van der Waals surface area contributed by atoms with E-state index in [1.165, 1.54) is 0 Å². The Labute approximate surface area is 154 Å². The Morgan fingerprint density at radius 2 is 1.93 bits per heavy atom. The summed E-state index contributed by atoms with van der Waals surface area (Å²) in [5, 5.41) is 6.25. The second-order valence-corrected chi connectivity index (χ2v) is 8.03. The Morgan fingerprint density at radius 1 is 1.22 bits per heavy atom. The number of nitrogens with zero attached hydrogens (tertiary/aromatic N) is 3. The normalized spacial score (nSPS) is 16.4. The van der Waals surface area contributed by atoms with Gasteiger partial charge in [-0.25, -0.2) is 17.2 Å². The van der Waals surface area contributed by atoms with E-state index in [9.17, 15) is 22.0 Å². The van der Waals surface area contributed by atoms with Gasteiger partial charge in [0.2, 0.25) is 15.9 Å². The van der Waals surface area contributed by atoms with Crippen LogP contribution in [0.25, 0.3) is 0 Å². The van der Waals surface area contributed by atoms with Crippen LogP contribution in [-0.2, 0) is 14.8 Å². The maximum atomic E-state index is 13.8. The molecule has 0 aliphatic carbocycles. The SMILES string of the molecule is Cc1cc(NC(=O)CN2CCN(S(=O)(=O)c3ccc(F)cc3F)CC2)no1. The van der Waals surface area contributed by atoms with E-state index >= 15 is 0 Å². The molecule has 2 aromatic rings. The molecular weight excluding hydrogens is 382 g/mol. The highest BCUT2D eigenvalue weighted by Crippen LogP contribution is 2.21. The first kappa shape index (κ1) is 19.4. The Hall–Kier alpha value is -2.37. The zero-order valence-corrected chi connectivity index (χ0v) is 15.3. The summed E-state index contributed by atoms with van der Waals surface area (Å²) in [6.07, 6.45) is 0. The van der Waals surface area contributed by atoms with E-state index in [0.717, 1.165) is 16.4 Å². The van der Waals surface area contributed by atoms with Crippen LogP contribution in [0.5, 0.6) is 0 Å². The van der Waals surface area contributed by atoms with Crippen molar-refractivity contribution in [3.8, 4) is 0 Å². The topological polar surface area (TPSA) is 95.8 Å². The third kappa shape index (κ3) is 4.49. The largest absolute Gasteiger partial charge is 0.360 e. The van der Waals surface area contributed by atoms with Gasteiger partial charge >= 0.3 is 0 Å². The number of hydrogen-bond donors (Lipinski definition) is 1. The summed E-state index contributed by atoms with van der Waals surface area (Å²) in [5.74, 6) is -1.39. The number of sulfonamides is 1. The molecule has 0 saturated carbocycles. The molecule has 1 N–H and O–H groups in total. The van der Waals surface area contributed by atoms with E-state index in [0.29, 0.717) is 30.7 Å². The van der Waals surface area contributed by atoms with E-state index < -0.39 is 26.6 Å². The Kier molecular flexibility index (Phi) is 5.53. The lowest BCUT2D eigenvalue weighted by Crippen LogP contribution is -2.50. The predicted octanol–water partition coefficient (Wildman–Crippen LogP) is 1.21. The van der Waals surface area contributed by atoms with E-state index in [4.69, 9.17) is 4.52 Å². The molecule has 1 aromatic heterocycles. The van der Waals surface area contributed by atoms with Gasteiger partial charge in [-0.05, 0) is 19.1 Å². The fraction of sp³-hybridized carbons (Fsp3) is 0.375. The highest BCUT2D eigenvalue weighted by atomic mass is 32.2. The summed E-state index contributed by atoms with van der Waals surface area (Å²) in [4.78, 5) is 13.2. The second-order valence-electron chi connectivity index (χ2n) is 6.13. The zero-order chi connectivity index (χ0) is 19.6. The number of amides is 1. The van der Waals surface area contributed by atoms with Gasteiger partial charge in [0.15, 0.2) is 5.82 Å². The number of carbonyl (C=O) groups excluding carboxylic acids is 1. The Bertz CT molecular complexity index is 940. The lowest BCUT2D eigenvalue weighted by molar-refractivity contribution is -0.117. The zero-order valence-electron chi connectivity index (χ0n) is 14.5. The van der Waals surface area contributed by atoms with Crippen molar-refractivity contribution >= 4 is 21.7 Å². The molecule has 1 saturated heterocycles. The van der Waals surface area contributed by atoms with E-state index in [1.54, 1.807) is 17.9 Å². The smallest absolute Gasteiger partial charge is 0.246 e. The minimum Gasteiger partial charge on any atom is -0.360 e. The minimum atomic E-state index is -4.07. The van der Waals surface area contributed by atoms with Gasteiger partial charge in [-0.1, -0.05) is 5.16 Å². The number of aryl methyl sites for hydroxylation is 1. The number of aromatic nitrogens is 1. The molecule has 27 heavy (non-hydrogen) atoms. The highest BCUT2D eigenvalue weighted by molar-refractivity contribution is 7.89. The van der Waals surface area contributed by atoms with Gasteiger partial charge in [0, 0.05) is 38.3 Å². The third-order valence-electron chi connectivity index (χ3n) is 4.11. The molecule has 0 atom stereocenters. The molecule has 8 nitrogen and oxygen atoms in total. The van der Waals surface area contributed by atoms with Crippen LogP contribution in [0.15, 0.2) is 33.7 Å². The van der Waals surface area contributed by atoms with Crippen LogP contribution in [0.4, 0.5) is 14.6 Å². The molecule has 0 spiro atoms. The summed E-state index contributed by atoms with van der Waals surface area (Å²) in [5.41, 5.74) is 0. The number of nitrogens with one attached hydrogen (secondary N) is 1. The summed E-state index contributed by atoms with van der Waals surface area (Å²) < 4.78 is 57.9. The van der Waals surface area contributed by atoms with Crippen molar-refractivity contribution in [3.05, 3.63) is 41.7 Å². The average Bonchev–Trinajstić information content (AvgIpc) is 2.99. The van der Waals surface area contributed by atoms with Gasteiger partial charge in [0.25, 0.3) is 0 Å². The molecule has 1 aliphatic rings. The first-order valence-corrected chi connectivity index (χ1v) is 9.60. The Morgan fingerprint density at radius 3 is 2.52 bits per heavy atom. The second kappa shape index (κ2) is 7.71. The number of anilines is 1. The van der Waals surface area contributed by atoms with Gasteiger partial charge in [-0.2, -0.15) is 4.31 Å². The fourth-order valence-corrected chi connectivity index (χ4v) is 4.23. The van der Waals surface area contributed by atoms with Crippen molar-refractivity contribution in [3.63, 3.8) is 0 Å². The summed E-state index contributed by atoms with van der Waals surface area (Å²) in [7, 11) is -4.07. The van der Waals surface area contributed by atoms with Crippen LogP contribution in [0.3, 0.4) is 0 Å². The number of benzene rings is 1. The van der Waals surface area contributed by atoms with Crippen LogP contribution in [0.1, 0.15) is 5.76 Å². The lowest BCUT2D eigenvalue weighted by atomic mass is 10.3. The van der Waals surface area contributed by atoms with Crippen LogP contribution < -0.4 is 5.32 Å². The summed E-state index contributed by atoms with van der Waals surface area (Å²) >= 11 is 0. The van der Waals surface area contributed by atoms with E-state index in [-0.39, 0.29) is 25.5 Å². The molecule has 146 valence electrons. The average molecular weight is 400 g/mol. The van der Waals surface area contributed by atoms with Gasteiger partial charge in [-0.3, -0.25) is 9.69 Å². The number of hydrogen-bond acceptors (Lipinski definition) is 6. The van der Waals surface area contributed by atoms with Gasteiger partial charge in [-0.15, -0.1) is 0 Å². The van der Waals surface area contributed by atoms with E-state index in [2.05, 4.69) is 10.5 Å². The van der Waals surface area contributed by atoms with Crippen molar-refractivity contribution in [1.82, 2.24) is 14.4 Å². The molecule has 1 aliphatic heterocycles. The summed E-state index contributed by atoms with van der Waals surface area (Å²) in [6, 6.07) is 3.95. The Balaban J connectivity index is 1.57.